The highest BCUT2D eigenvalue weighted by molar-refractivity contribution is 5.39. The van der Waals surface area contributed by atoms with Crippen molar-refractivity contribution in [2.45, 2.75) is 12.8 Å². The third kappa shape index (κ3) is 3.05. The molecule has 0 saturated carbocycles. The van der Waals surface area contributed by atoms with Gasteiger partial charge in [0.15, 0.2) is 0 Å². The van der Waals surface area contributed by atoms with E-state index in [0.29, 0.717) is 0 Å². The maximum absolute atomic E-state index is 12.9. The van der Waals surface area contributed by atoms with E-state index in [2.05, 4.69) is 4.98 Å². The number of nitrogens with zero attached hydrogens (tertiary/aromatic N) is 1. The summed E-state index contributed by atoms with van der Waals surface area (Å²) in [5.41, 5.74) is -1.02. The molecular formula is C13H9F4NO2. The van der Waals surface area contributed by atoms with E-state index >= 15 is 0 Å². The molecule has 0 fully saturated rings. The summed E-state index contributed by atoms with van der Waals surface area (Å²) in [7, 11) is 0. The Morgan fingerprint density at radius 3 is 2.55 bits per heavy atom. The van der Waals surface area contributed by atoms with Gasteiger partial charge in [0, 0.05) is 5.56 Å². The molecule has 0 spiro atoms. The van der Waals surface area contributed by atoms with Gasteiger partial charge in [0.1, 0.15) is 11.6 Å². The predicted octanol–water partition coefficient (Wildman–Crippen LogP) is 3.52. The number of aromatic nitrogens is 1. The number of halogens is 4. The van der Waals surface area contributed by atoms with Crippen LogP contribution in [0.15, 0.2) is 36.5 Å². The van der Waals surface area contributed by atoms with E-state index in [9.17, 15) is 17.6 Å². The van der Waals surface area contributed by atoms with Gasteiger partial charge in [0.2, 0.25) is 5.88 Å². The summed E-state index contributed by atoms with van der Waals surface area (Å²) >= 11 is 0. The minimum Gasteiger partial charge on any atom is -0.438 e. The largest absolute Gasteiger partial charge is 0.438 e. The fourth-order valence-corrected chi connectivity index (χ4v) is 1.57. The zero-order valence-corrected chi connectivity index (χ0v) is 9.99. The topological polar surface area (TPSA) is 42.4 Å². The van der Waals surface area contributed by atoms with Crippen LogP contribution in [0.2, 0.25) is 0 Å². The first-order valence-corrected chi connectivity index (χ1v) is 5.51. The molecule has 2 aromatic rings. The lowest BCUT2D eigenvalue weighted by Gasteiger charge is -2.14. The van der Waals surface area contributed by atoms with Crippen molar-refractivity contribution >= 4 is 0 Å². The van der Waals surface area contributed by atoms with Crippen molar-refractivity contribution in [3.8, 4) is 11.6 Å². The zero-order valence-electron chi connectivity index (χ0n) is 9.99. The number of rotatable bonds is 3. The molecule has 0 aliphatic heterocycles. The molecule has 0 amide bonds. The van der Waals surface area contributed by atoms with E-state index in [-0.39, 0.29) is 11.4 Å². The summed E-state index contributed by atoms with van der Waals surface area (Å²) in [6.45, 7) is -0.603. The highest BCUT2D eigenvalue weighted by Gasteiger charge is 2.34. The lowest BCUT2D eigenvalue weighted by atomic mass is 10.2. The number of hydrogen-bond donors (Lipinski definition) is 1. The number of ether oxygens (including phenoxy) is 1. The van der Waals surface area contributed by atoms with Crippen LogP contribution < -0.4 is 4.74 Å². The second-order valence-corrected chi connectivity index (χ2v) is 3.87. The first kappa shape index (κ1) is 14.3. The van der Waals surface area contributed by atoms with Crippen molar-refractivity contribution in [1.29, 1.82) is 0 Å². The molecule has 3 nitrogen and oxygen atoms in total. The number of aliphatic hydroxyl groups excluding tert-OH is 1. The summed E-state index contributed by atoms with van der Waals surface area (Å²) in [6.07, 6.45) is -3.79. The summed E-state index contributed by atoms with van der Waals surface area (Å²) in [5, 5.41) is 9.04. The molecule has 106 valence electrons. The first-order valence-electron chi connectivity index (χ1n) is 5.51. The van der Waals surface area contributed by atoms with E-state index in [1.807, 2.05) is 0 Å². The molecule has 1 aromatic carbocycles. The van der Waals surface area contributed by atoms with Crippen molar-refractivity contribution in [2.75, 3.05) is 0 Å². The van der Waals surface area contributed by atoms with Gasteiger partial charge in [-0.2, -0.15) is 13.2 Å². The molecular weight excluding hydrogens is 278 g/mol. The van der Waals surface area contributed by atoms with Crippen LogP contribution in [0.5, 0.6) is 11.6 Å². The molecule has 0 bridgehead atoms. The van der Waals surface area contributed by atoms with Gasteiger partial charge in [0.05, 0.1) is 18.4 Å². The van der Waals surface area contributed by atoms with Crippen LogP contribution in [0, 0.1) is 5.82 Å². The van der Waals surface area contributed by atoms with Gasteiger partial charge in [-0.1, -0.05) is 12.1 Å². The van der Waals surface area contributed by atoms with Crippen LogP contribution in [0.25, 0.3) is 0 Å². The van der Waals surface area contributed by atoms with Gasteiger partial charge in [-0.25, -0.2) is 9.37 Å². The van der Waals surface area contributed by atoms with Crippen molar-refractivity contribution in [1.82, 2.24) is 4.98 Å². The minimum atomic E-state index is -4.59. The highest BCUT2D eigenvalue weighted by Crippen LogP contribution is 2.38. The average Bonchev–Trinajstić information content (AvgIpc) is 2.40. The standard InChI is InChI=1S/C13H9F4NO2/c14-9-5-8(7-19)12(18-6-9)20-11-4-2-1-3-10(11)13(15,16)17/h1-6,19H,7H2. The van der Waals surface area contributed by atoms with E-state index < -0.39 is 29.9 Å². The molecule has 7 heteroatoms. The van der Waals surface area contributed by atoms with E-state index in [0.717, 1.165) is 24.4 Å². The summed E-state index contributed by atoms with van der Waals surface area (Å²) in [6, 6.07) is 5.51. The van der Waals surface area contributed by atoms with Gasteiger partial charge in [-0.3, -0.25) is 0 Å². The Kier molecular flexibility index (Phi) is 3.89. The van der Waals surface area contributed by atoms with Crippen molar-refractivity contribution < 1.29 is 27.4 Å². The molecule has 0 aliphatic rings. The number of alkyl halides is 3. The van der Waals surface area contributed by atoms with Crippen LogP contribution in [0.4, 0.5) is 17.6 Å². The Labute approximate surface area is 111 Å². The second kappa shape index (κ2) is 5.46. The van der Waals surface area contributed by atoms with Crippen molar-refractivity contribution in [3.63, 3.8) is 0 Å². The van der Waals surface area contributed by atoms with Gasteiger partial charge >= 0.3 is 6.18 Å². The smallest absolute Gasteiger partial charge is 0.419 e. The first-order chi connectivity index (χ1) is 9.41. The molecule has 2 rings (SSSR count). The Morgan fingerprint density at radius 2 is 1.90 bits per heavy atom. The summed E-state index contributed by atoms with van der Waals surface area (Å²) in [4.78, 5) is 3.54. The molecule has 0 unspecified atom stereocenters. The molecule has 1 aromatic heterocycles. The van der Waals surface area contributed by atoms with E-state index in [4.69, 9.17) is 9.84 Å². The number of hydrogen-bond acceptors (Lipinski definition) is 3. The van der Waals surface area contributed by atoms with Gasteiger partial charge in [-0.15, -0.1) is 0 Å². The molecule has 0 atom stereocenters. The Balaban J connectivity index is 2.41. The molecule has 0 radical (unpaired) electrons. The quantitative estimate of drug-likeness (QED) is 0.878. The second-order valence-electron chi connectivity index (χ2n) is 3.87. The monoisotopic (exact) mass is 287 g/mol. The van der Waals surface area contributed by atoms with Gasteiger partial charge in [-0.05, 0) is 18.2 Å². The Morgan fingerprint density at radius 1 is 1.20 bits per heavy atom. The summed E-state index contributed by atoms with van der Waals surface area (Å²) < 4.78 is 56.4. The van der Waals surface area contributed by atoms with Crippen LogP contribution in [0.1, 0.15) is 11.1 Å². The molecule has 20 heavy (non-hydrogen) atoms. The fourth-order valence-electron chi connectivity index (χ4n) is 1.57. The van der Waals surface area contributed by atoms with E-state index in [1.165, 1.54) is 12.1 Å². The van der Waals surface area contributed by atoms with Crippen molar-refractivity contribution in [3.05, 3.63) is 53.5 Å². The number of aliphatic hydroxyl groups is 1. The maximum Gasteiger partial charge on any atom is 0.419 e. The molecule has 1 heterocycles. The third-order valence-electron chi connectivity index (χ3n) is 2.46. The fraction of sp³-hybridized carbons (Fsp3) is 0.154. The van der Waals surface area contributed by atoms with Crippen LogP contribution in [-0.2, 0) is 12.8 Å². The SMILES string of the molecule is OCc1cc(F)cnc1Oc1ccccc1C(F)(F)F. The highest BCUT2D eigenvalue weighted by atomic mass is 19.4. The third-order valence-corrected chi connectivity index (χ3v) is 2.46. The number of para-hydroxylation sites is 1. The molecule has 0 aliphatic carbocycles. The van der Waals surface area contributed by atoms with Gasteiger partial charge in [0.25, 0.3) is 0 Å². The van der Waals surface area contributed by atoms with Gasteiger partial charge < -0.3 is 9.84 Å². The molecule has 0 saturated heterocycles. The zero-order chi connectivity index (χ0) is 14.8. The lowest BCUT2D eigenvalue weighted by Crippen LogP contribution is -2.07. The Bertz CT molecular complexity index is 614. The maximum atomic E-state index is 12.9. The van der Waals surface area contributed by atoms with E-state index in [1.54, 1.807) is 0 Å². The molecule has 1 N–H and O–H groups in total. The average molecular weight is 287 g/mol. The summed E-state index contributed by atoms with van der Waals surface area (Å²) in [5.74, 6) is -1.45. The minimum absolute atomic E-state index is 0.0398. The Hall–Kier alpha value is -2.15. The normalized spacial score (nSPS) is 11.4. The number of pyridine rings is 1. The predicted molar refractivity (Wildman–Crippen MR) is 61.6 cm³/mol. The van der Waals surface area contributed by atoms with Crippen LogP contribution in [0.3, 0.4) is 0 Å². The van der Waals surface area contributed by atoms with Crippen LogP contribution >= 0.6 is 0 Å². The van der Waals surface area contributed by atoms with Crippen LogP contribution in [-0.4, -0.2) is 10.1 Å². The lowest BCUT2D eigenvalue weighted by molar-refractivity contribution is -0.138. The number of benzene rings is 1. The van der Waals surface area contributed by atoms with Crippen molar-refractivity contribution in [2.24, 2.45) is 0 Å².